The number of carbonyl (C=O) groups excluding carboxylic acids is 1. The van der Waals surface area contributed by atoms with Gasteiger partial charge in [0.25, 0.3) is 0 Å². The van der Waals surface area contributed by atoms with E-state index in [-0.39, 0.29) is 17.8 Å². The van der Waals surface area contributed by atoms with E-state index in [1.165, 1.54) is 0 Å². The van der Waals surface area contributed by atoms with Crippen LogP contribution in [-0.2, 0) is 11.8 Å². The van der Waals surface area contributed by atoms with Crippen LogP contribution in [0.4, 0.5) is 0 Å². The van der Waals surface area contributed by atoms with Crippen LogP contribution in [0.3, 0.4) is 0 Å². The molecule has 0 amide bonds. The molecule has 0 bridgehead atoms. The molecule has 0 radical (unpaired) electrons. The minimum atomic E-state index is -0.202. The number of pyridine rings is 1. The van der Waals surface area contributed by atoms with E-state index >= 15 is 0 Å². The molecule has 0 saturated heterocycles. The summed E-state index contributed by atoms with van der Waals surface area (Å²) in [5.41, 5.74) is 1.09. The molecule has 0 spiro atoms. The van der Waals surface area contributed by atoms with Gasteiger partial charge in [0.1, 0.15) is 11.5 Å². The fourth-order valence-corrected chi connectivity index (χ4v) is 2.75. The monoisotopic (exact) mass is 335 g/mol. The van der Waals surface area contributed by atoms with E-state index in [2.05, 4.69) is 10.1 Å². The molecule has 2 heterocycles. The molecule has 6 heteroatoms. The number of ether oxygens (including phenoxy) is 2. The number of nitrogens with zero attached hydrogens (tertiary/aromatic N) is 3. The van der Waals surface area contributed by atoms with Crippen LogP contribution < -0.4 is 9.47 Å². The van der Waals surface area contributed by atoms with Crippen LogP contribution in [0.5, 0.6) is 17.4 Å². The molecular formula is C19H17N3O3. The van der Waals surface area contributed by atoms with Gasteiger partial charge in [-0.3, -0.25) is 9.48 Å². The number of benzene rings is 1. The second kappa shape index (κ2) is 6.39. The Kier molecular flexibility index (Phi) is 3.93. The molecule has 0 N–H and O–H groups in total. The average molecular weight is 335 g/mol. The number of hydrogen-bond acceptors (Lipinski definition) is 5. The van der Waals surface area contributed by atoms with Crippen molar-refractivity contribution in [1.82, 2.24) is 14.8 Å². The quantitative estimate of drug-likeness (QED) is 0.528. The molecule has 0 unspecified atom stereocenters. The fourth-order valence-electron chi connectivity index (χ4n) is 2.75. The van der Waals surface area contributed by atoms with Crippen LogP contribution in [0.25, 0.3) is 0 Å². The summed E-state index contributed by atoms with van der Waals surface area (Å²) in [6.07, 6.45) is 6.23. The Morgan fingerprint density at radius 3 is 2.64 bits per heavy atom. The Morgan fingerprint density at radius 2 is 1.96 bits per heavy atom. The number of hydrogen-bond donors (Lipinski definition) is 0. The maximum absolute atomic E-state index is 12.3. The first-order valence-electron chi connectivity index (χ1n) is 8.08. The third-order valence-electron chi connectivity index (χ3n) is 4.15. The SMILES string of the molecule is Cn1cc([C@H]2C[C@@H]2C(=O)Oc2ccc(Oc3ccccn3)cc2)cn1. The Morgan fingerprint density at radius 1 is 1.16 bits per heavy atom. The predicted molar refractivity (Wildman–Crippen MR) is 90.4 cm³/mol. The van der Waals surface area contributed by atoms with Crippen molar-refractivity contribution in [2.75, 3.05) is 0 Å². The van der Waals surface area contributed by atoms with Gasteiger partial charge in [-0.2, -0.15) is 5.10 Å². The zero-order chi connectivity index (χ0) is 17.2. The highest BCUT2D eigenvalue weighted by molar-refractivity contribution is 5.79. The van der Waals surface area contributed by atoms with Gasteiger partial charge in [-0.1, -0.05) is 6.07 Å². The minimum Gasteiger partial charge on any atom is -0.439 e. The first kappa shape index (κ1) is 15.4. The van der Waals surface area contributed by atoms with E-state index in [4.69, 9.17) is 9.47 Å². The van der Waals surface area contributed by atoms with Gasteiger partial charge >= 0.3 is 5.97 Å². The lowest BCUT2D eigenvalue weighted by atomic mass is 10.2. The van der Waals surface area contributed by atoms with Crippen LogP contribution in [-0.4, -0.2) is 20.7 Å². The summed E-state index contributed by atoms with van der Waals surface area (Å²) in [5, 5.41) is 4.15. The zero-order valence-electron chi connectivity index (χ0n) is 13.7. The lowest BCUT2D eigenvalue weighted by molar-refractivity contribution is -0.135. The van der Waals surface area contributed by atoms with Gasteiger partial charge in [-0.05, 0) is 42.3 Å². The summed E-state index contributed by atoms with van der Waals surface area (Å²) in [7, 11) is 1.87. The van der Waals surface area contributed by atoms with Gasteiger partial charge in [0.2, 0.25) is 5.88 Å². The number of esters is 1. The molecule has 126 valence electrons. The van der Waals surface area contributed by atoms with E-state index in [1.807, 2.05) is 31.6 Å². The third-order valence-corrected chi connectivity index (χ3v) is 4.15. The molecule has 1 aliphatic rings. The first-order valence-corrected chi connectivity index (χ1v) is 8.08. The summed E-state index contributed by atoms with van der Waals surface area (Å²) in [4.78, 5) is 16.4. The van der Waals surface area contributed by atoms with Crippen molar-refractivity contribution < 1.29 is 14.3 Å². The maximum Gasteiger partial charge on any atom is 0.314 e. The summed E-state index contributed by atoms with van der Waals surface area (Å²) in [6, 6.07) is 12.4. The van der Waals surface area contributed by atoms with Crippen molar-refractivity contribution in [3.63, 3.8) is 0 Å². The van der Waals surface area contributed by atoms with Crippen LogP contribution in [0.15, 0.2) is 61.1 Å². The normalized spacial score (nSPS) is 18.6. The summed E-state index contributed by atoms with van der Waals surface area (Å²) in [6.45, 7) is 0. The molecule has 25 heavy (non-hydrogen) atoms. The Balaban J connectivity index is 1.34. The van der Waals surface area contributed by atoms with Crippen LogP contribution in [0, 0.1) is 5.92 Å². The van der Waals surface area contributed by atoms with Gasteiger partial charge in [0.15, 0.2) is 0 Å². The largest absolute Gasteiger partial charge is 0.439 e. The highest BCUT2D eigenvalue weighted by atomic mass is 16.5. The predicted octanol–water partition coefficient (Wildman–Crippen LogP) is 3.32. The third kappa shape index (κ3) is 3.52. The zero-order valence-corrected chi connectivity index (χ0v) is 13.7. The second-order valence-corrected chi connectivity index (χ2v) is 6.06. The molecule has 1 aromatic carbocycles. The van der Waals surface area contributed by atoms with Crippen molar-refractivity contribution in [1.29, 1.82) is 0 Å². The van der Waals surface area contributed by atoms with Crippen LogP contribution in [0.1, 0.15) is 17.9 Å². The molecule has 6 nitrogen and oxygen atoms in total. The van der Waals surface area contributed by atoms with Crippen molar-refractivity contribution in [3.05, 3.63) is 66.6 Å². The fraction of sp³-hybridized carbons (Fsp3) is 0.211. The lowest BCUT2D eigenvalue weighted by Gasteiger charge is -2.06. The number of aromatic nitrogens is 3. The number of rotatable bonds is 5. The smallest absolute Gasteiger partial charge is 0.314 e. The van der Waals surface area contributed by atoms with E-state index in [9.17, 15) is 4.79 Å². The van der Waals surface area contributed by atoms with Gasteiger partial charge in [0.05, 0.1) is 12.1 Å². The van der Waals surface area contributed by atoms with Gasteiger partial charge in [-0.15, -0.1) is 0 Å². The van der Waals surface area contributed by atoms with E-state index in [1.54, 1.807) is 41.2 Å². The molecule has 3 aromatic rings. The first-order chi connectivity index (χ1) is 12.2. The Hall–Kier alpha value is -3.15. The van der Waals surface area contributed by atoms with E-state index in [0.29, 0.717) is 17.4 Å². The van der Waals surface area contributed by atoms with Crippen molar-refractivity contribution in [3.8, 4) is 17.4 Å². The molecule has 0 aliphatic heterocycles. The number of aryl methyl sites for hydroxylation is 1. The van der Waals surface area contributed by atoms with E-state index in [0.717, 1.165) is 12.0 Å². The second-order valence-electron chi connectivity index (χ2n) is 6.06. The molecule has 2 atom stereocenters. The van der Waals surface area contributed by atoms with Crippen molar-refractivity contribution >= 4 is 5.97 Å². The molecule has 2 aromatic heterocycles. The van der Waals surface area contributed by atoms with Gasteiger partial charge in [0, 0.05) is 31.4 Å². The average Bonchev–Trinajstić information content (AvgIpc) is 3.32. The molecule has 4 rings (SSSR count). The summed E-state index contributed by atoms with van der Waals surface area (Å²) in [5.74, 6) is 1.59. The maximum atomic E-state index is 12.3. The van der Waals surface area contributed by atoms with Crippen molar-refractivity contribution in [2.45, 2.75) is 12.3 Å². The van der Waals surface area contributed by atoms with Gasteiger partial charge < -0.3 is 9.47 Å². The standard InChI is InChI=1S/C19H17N3O3/c1-22-12-13(11-21-22)16-10-17(16)19(23)25-15-7-5-14(6-8-15)24-18-4-2-3-9-20-18/h2-9,11-12,16-17H,10H2,1H3/t16-,17+/m1/s1. The molecule has 1 fully saturated rings. The summed E-state index contributed by atoms with van der Waals surface area (Å²) >= 11 is 0. The topological polar surface area (TPSA) is 66.2 Å². The van der Waals surface area contributed by atoms with E-state index < -0.39 is 0 Å². The minimum absolute atomic E-state index is 0.0892. The van der Waals surface area contributed by atoms with Crippen LogP contribution >= 0.6 is 0 Å². The van der Waals surface area contributed by atoms with Crippen molar-refractivity contribution in [2.24, 2.45) is 13.0 Å². The van der Waals surface area contributed by atoms with Gasteiger partial charge in [-0.25, -0.2) is 4.98 Å². The van der Waals surface area contributed by atoms with Crippen LogP contribution in [0.2, 0.25) is 0 Å². The molecular weight excluding hydrogens is 318 g/mol. The highest BCUT2D eigenvalue weighted by Crippen LogP contribution is 2.48. The summed E-state index contributed by atoms with van der Waals surface area (Å²) < 4.78 is 12.8. The molecule has 1 aliphatic carbocycles. The Labute approximate surface area is 145 Å². The highest BCUT2D eigenvalue weighted by Gasteiger charge is 2.46. The lowest BCUT2D eigenvalue weighted by Crippen LogP contribution is -2.11. The molecule has 1 saturated carbocycles. The Bertz CT molecular complexity index is 874. The number of carbonyl (C=O) groups is 1.